The fraction of sp³-hybridized carbons (Fsp3) is 0.172. The number of methoxy groups -OCH3 is 1. The number of esters is 2. The zero-order valence-corrected chi connectivity index (χ0v) is 19.7. The van der Waals surface area contributed by atoms with Gasteiger partial charge in [-0.15, -0.1) is 0 Å². The molecule has 0 amide bonds. The zero-order chi connectivity index (χ0) is 24.7. The Morgan fingerprint density at radius 2 is 1.29 bits per heavy atom. The van der Waals surface area contributed by atoms with Crippen molar-refractivity contribution in [2.75, 3.05) is 13.7 Å². The monoisotopic (exact) mass is 456 g/mol. The molecule has 0 aliphatic heterocycles. The number of rotatable bonds is 9. The molecule has 3 aromatic rings. The van der Waals surface area contributed by atoms with E-state index in [4.69, 9.17) is 14.2 Å². The van der Waals surface area contributed by atoms with Crippen molar-refractivity contribution in [3.63, 3.8) is 0 Å². The van der Waals surface area contributed by atoms with E-state index in [0.29, 0.717) is 17.1 Å². The normalized spacial score (nSPS) is 10.4. The van der Waals surface area contributed by atoms with Crippen molar-refractivity contribution < 1.29 is 23.8 Å². The zero-order valence-electron chi connectivity index (χ0n) is 19.7. The topological polar surface area (TPSA) is 61.8 Å². The standard InChI is InChI=1S/C29H28O5/c1-6-21-17-26(34-29(31)20(4)18-32-5)15-16-27(21)24-9-7-22(8-10-24)23-11-13-25(14-12-23)33-28(30)19(2)3/h7-17H,2,4,6,18H2,1,3,5H3. The number of benzene rings is 3. The van der Waals surface area contributed by atoms with Crippen LogP contribution in [0.4, 0.5) is 0 Å². The van der Waals surface area contributed by atoms with Gasteiger partial charge in [-0.1, -0.05) is 62.5 Å². The van der Waals surface area contributed by atoms with Gasteiger partial charge >= 0.3 is 11.9 Å². The molecule has 5 nitrogen and oxygen atoms in total. The van der Waals surface area contributed by atoms with E-state index in [1.165, 1.54) is 7.11 Å². The van der Waals surface area contributed by atoms with Crippen LogP contribution < -0.4 is 9.47 Å². The Hall–Kier alpha value is -3.96. The van der Waals surface area contributed by atoms with Gasteiger partial charge in [0.2, 0.25) is 0 Å². The summed E-state index contributed by atoms with van der Waals surface area (Å²) in [5.74, 6) is 0.0189. The first-order valence-corrected chi connectivity index (χ1v) is 10.9. The summed E-state index contributed by atoms with van der Waals surface area (Å²) in [6.45, 7) is 11.1. The lowest BCUT2D eigenvalue weighted by atomic mass is 9.95. The van der Waals surface area contributed by atoms with Crippen LogP contribution in [0.25, 0.3) is 22.3 Å². The Labute approximate surface area is 200 Å². The Morgan fingerprint density at radius 3 is 1.85 bits per heavy atom. The summed E-state index contributed by atoms with van der Waals surface area (Å²) in [4.78, 5) is 23.8. The molecule has 3 aromatic carbocycles. The summed E-state index contributed by atoms with van der Waals surface area (Å²) in [6.07, 6.45) is 0.784. The minimum Gasteiger partial charge on any atom is -0.423 e. The van der Waals surface area contributed by atoms with Crippen molar-refractivity contribution in [3.05, 3.63) is 96.6 Å². The summed E-state index contributed by atoms with van der Waals surface area (Å²) in [7, 11) is 1.50. The average molecular weight is 457 g/mol. The maximum absolute atomic E-state index is 12.1. The van der Waals surface area contributed by atoms with Crippen molar-refractivity contribution in [1.82, 2.24) is 0 Å². The molecule has 0 heterocycles. The second-order valence-electron chi connectivity index (χ2n) is 7.87. The molecule has 0 spiro atoms. The lowest BCUT2D eigenvalue weighted by Crippen LogP contribution is -2.14. The maximum atomic E-state index is 12.1. The minimum absolute atomic E-state index is 0.131. The molecule has 5 heteroatoms. The number of hydrogen-bond donors (Lipinski definition) is 0. The predicted octanol–water partition coefficient (Wildman–Crippen LogP) is 6.17. The van der Waals surface area contributed by atoms with Gasteiger partial charge in [0.1, 0.15) is 11.5 Å². The highest BCUT2D eigenvalue weighted by molar-refractivity contribution is 5.90. The first-order valence-electron chi connectivity index (χ1n) is 10.9. The van der Waals surface area contributed by atoms with Gasteiger partial charge in [0, 0.05) is 12.7 Å². The van der Waals surface area contributed by atoms with Crippen LogP contribution in [-0.4, -0.2) is 25.7 Å². The molecule has 0 unspecified atom stereocenters. The summed E-state index contributed by atoms with van der Waals surface area (Å²) in [5, 5.41) is 0. The summed E-state index contributed by atoms with van der Waals surface area (Å²) < 4.78 is 15.6. The molecule has 0 atom stereocenters. The first-order chi connectivity index (χ1) is 16.3. The minimum atomic E-state index is -0.499. The summed E-state index contributed by atoms with van der Waals surface area (Å²) >= 11 is 0. The van der Waals surface area contributed by atoms with Crippen molar-refractivity contribution in [3.8, 4) is 33.8 Å². The summed E-state index contributed by atoms with van der Waals surface area (Å²) in [5.41, 5.74) is 5.88. The highest BCUT2D eigenvalue weighted by atomic mass is 16.5. The third-order valence-corrected chi connectivity index (χ3v) is 5.22. The lowest BCUT2D eigenvalue weighted by molar-refractivity contribution is -0.131. The van der Waals surface area contributed by atoms with Gasteiger partial charge in [0.25, 0.3) is 0 Å². The average Bonchev–Trinajstić information content (AvgIpc) is 2.84. The molecule has 0 aliphatic rings. The predicted molar refractivity (Wildman–Crippen MR) is 134 cm³/mol. The third kappa shape index (κ3) is 6.09. The Balaban J connectivity index is 1.76. The molecule has 0 radical (unpaired) electrons. The van der Waals surface area contributed by atoms with Crippen LogP contribution >= 0.6 is 0 Å². The van der Waals surface area contributed by atoms with Gasteiger partial charge in [-0.25, -0.2) is 9.59 Å². The van der Waals surface area contributed by atoms with E-state index in [9.17, 15) is 9.59 Å². The van der Waals surface area contributed by atoms with Gasteiger partial charge < -0.3 is 14.2 Å². The van der Waals surface area contributed by atoms with Gasteiger partial charge in [-0.2, -0.15) is 0 Å². The second kappa shape index (κ2) is 11.3. The van der Waals surface area contributed by atoms with E-state index in [2.05, 4.69) is 32.2 Å². The third-order valence-electron chi connectivity index (χ3n) is 5.22. The SMILES string of the molecule is C=C(C)C(=O)Oc1ccc(-c2ccc(-c3ccc(OC(=O)C(=C)COC)cc3CC)cc2)cc1. The Kier molecular flexibility index (Phi) is 8.17. The quantitative estimate of drug-likeness (QED) is 0.219. The molecule has 0 aromatic heterocycles. The van der Waals surface area contributed by atoms with Crippen LogP contribution in [-0.2, 0) is 20.7 Å². The van der Waals surface area contributed by atoms with Crippen molar-refractivity contribution in [2.24, 2.45) is 0 Å². The molecule has 0 saturated heterocycles. The van der Waals surface area contributed by atoms with E-state index in [-0.39, 0.29) is 12.2 Å². The molecule has 34 heavy (non-hydrogen) atoms. The van der Waals surface area contributed by atoms with Gasteiger partial charge in [-0.3, -0.25) is 0 Å². The van der Waals surface area contributed by atoms with E-state index >= 15 is 0 Å². The molecule has 0 aliphatic carbocycles. The fourth-order valence-corrected chi connectivity index (χ4v) is 3.37. The molecular formula is C29H28O5. The number of ether oxygens (including phenoxy) is 3. The smallest absolute Gasteiger partial charge is 0.341 e. The van der Waals surface area contributed by atoms with E-state index in [1.807, 2.05) is 36.4 Å². The van der Waals surface area contributed by atoms with Crippen LogP contribution in [0.2, 0.25) is 0 Å². The van der Waals surface area contributed by atoms with Gasteiger partial charge in [-0.05, 0) is 65.4 Å². The highest BCUT2D eigenvalue weighted by Crippen LogP contribution is 2.31. The fourth-order valence-electron chi connectivity index (χ4n) is 3.37. The number of aryl methyl sites for hydroxylation is 1. The maximum Gasteiger partial charge on any atom is 0.341 e. The molecule has 0 N–H and O–H groups in total. The van der Waals surface area contributed by atoms with Gasteiger partial charge in [0.05, 0.1) is 12.2 Å². The van der Waals surface area contributed by atoms with Gasteiger partial charge in [0.15, 0.2) is 0 Å². The molecule has 3 rings (SSSR count). The summed E-state index contributed by atoms with van der Waals surface area (Å²) in [6, 6.07) is 21.2. The van der Waals surface area contributed by atoms with Crippen LogP contribution in [0.15, 0.2) is 91.0 Å². The molecule has 174 valence electrons. The second-order valence-corrected chi connectivity index (χ2v) is 7.87. The highest BCUT2D eigenvalue weighted by Gasteiger charge is 2.12. The Bertz CT molecular complexity index is 1200. The van der Waals surface area contributed by atoms with Crippen LogP contribution in [0.3, 0.4) is 0 Å². The van der Waals surface area contributed by atoms with Crippen molar-refractivity contribution >= 4 is 11.9 Å². The van der Waals surface area contributed by atoms with E-state index < -0.39 is 11.9 Å². The van der Waals surface area contributed by atoms with Crippen LogP contribution in [0.5, 0.6) is 11.5 Å². The number of carbonyl (C=O) groups is 2. The molecule has 0 saturated carbocycles. The van der Waals surface area contributed by atoms with Crippen molar-refractivity contribution in [2.45, 2.75) is 20.3 Å². The first kappa shape index (κ1) is 24.7. The molecule has 0 bridgehead atoms. The van der Waals surface area contributed by atoms with Crippen LogP contribution in [0, 0.1) is 0 Å². The Morgan fingerprint density at radius 1 is 0.765 bits per heavy atom. The van der Waals surface area contributed by atoms with Crippen molar-refractivity contribution in [1.29, 1.82) is 0 Å². The van der Waals surface area contributed by atoms with E-state index in [0.717, 1.165) is 34.2 Å². The molecule has 0 fully saturated rings. The largest absolute Gasteiger partial charge is 0.423 e. The number of hydrogen-bond acceptors (Lipinski definition) is 5. The molecular weight excluding hydrogens is 428 g/mol. The van der Waals surface area contributed by atoms with E-state index in [1.54, 1.807) is 25.1 Å². The lowest BCUT2D eigenvalue weighted by Gasteiger charge is -2.12. The van der Waals surface area contributed by atoms with Crippen LogP contribution in [0.1, 0.15) is 19.4 Å². The number of carbonyl (C=O) groups excluding carboxylic acids is 2.